The summed E-state index contributed by atoms with van der Waals surface area (Å²) in [5, 5.41) is 15.7. The summed E-state index contributed by atoms with van der Waals surface area (Å²) in [6, 6.07) is 7.31. The molecule has 4 rings (SSSR count). The quantitative estimate of drug-likeness (QED) is 0.781. The number of nitrogens with zero attached hydrogens (tertiary/aromatic N) is 3. The van der Waals surface area contributed by atoms with E-state index in [0.29, 0.717) is 10.9 Å². The Bertz CT molecular complexity index is 852. The van der Waals surface area contributed by atoms with Gasteiger partial charge < -0.3 is 5.11 Å². The highest BCUT2D eigenvalue weighted by atomic mass is 35.5. The van der Waals surface area contributed by atoms with Crippen molar-refractivity contribution in [2.45, 2.75) is 18.8 Å². The largest absolute Gasteiger partial charge is 0.506 e. The van der Waals surface area contributed by atoms with Gasteiger partial charge in [0.15, 0.2) is 5.65 Å². The van der Waals surface area contributed by atoms with Crippen LogP contribution in [-0.4, -0.2) is 19.9 Å². The zero-order valence-electron chi connectivity index (χ0n) is 11.5. The van der Waals surface area contributed by atoms with Gasteiger partial charge in [0.25, 0.3) is 0 Å². The first-order valence-electron chi connectivity index (χ1n) is 6.95. The van der Waals surface area contributed by atoms with E-state index < -0.39 is 0 Å². The van der Waals surface area contributed by atoms with Crippen LogP contribution < -0.4 is 0 Å². The van der Waals surface area contributed by atoms with Crippen molar-refractivity contribution in [3.05, 3.63) is 41.0 Å². The molecule has 0 aliphatic heterocycles. The summed E-state index contributed by atoms with van der Waals surface area (Å²) >= 11 is 6.22. The van der Waals surface area contributed by atoms with E-state index in [1.165, 1.54) is 18.4 Å². The summed E-state index contributed by atoms with van der Waals surface area (Å²) in [5.41, 5.74) is 3.52. The number of hydrogen-bond acceptors (Lipinski definition) is 3. The number of benzene rings is 1. The molecule has 0 amide bonds. The normalized spacial score (nSPS) is 14.8. The van der Waals surface area contributed by atoms with Crippen LogP contribution in [0.1, 0.15) is 24.3 Å². The second kappa shape index (κ2) is 4.46. The minimum absolute atomic E-state index is 0.0741. The first-order chi connectivity index (χ1) is 10.1. The Kier molecular flexibility index (Phi) is 2.69. The molecule has 2 heterocycles. The average Bonchev–Trinajstić information content (AvgIpc) is 3.22. The zero-order valence-corrected chi connectivity index (χ0v) is 12.3. The van der Waals surface area contributed by atoms with Crippen molar-refractivity contribution in [1.82, 2.24) is 14.8 Å². The van der Waals surface area contributed by atoms with Crippen molar-refractivity contribution in [2.24, 2.45) is 7.05 Å². The molecule has 0 unspecified atom stereocenters. The lowest BCUT2D eigenvalue weighted by Crippen LogP contribution is -1.91. The van der Waals surface area contributed by atoms with Crippen molar-refractivity contribution in [3.63, 3.8) is 0 Å². The standard InChI is InChI=1S/C16H14ClN3O/c1-20-8-12-11(9-5-6-9)7-13(18-16(12)19-20)10-3-2-4-14(21)15(10)17/h2-4,7-9,21H,5-6H2,1H3. The lowest BCUT2D eigenvalue weighted by Gasteiger charge is -2.08. The SMILES string of the molecule is Cn1cc2c(C3CC3)cc(-c3cccc(O)c3Cl)nc2n1. The highest BCUT2D eigenvalue weighted by Gasteiger charge is 2.27. The minimum Gasteiger partial charge on any atom is -0.506 e. The van der Waals surface area contributed by atoms with Crippen molar-refractivity contribution in [3.8, 4) is 17.0 Å². The fraction of sp³-hybridized carbons (Fsp3) is 0.250. The van der Waals surface area contributed by atoms with Crippen LogP contribution in [0, 0.1) is 0 Å². The monoisotopic (exact) mass is 299 g/mol. The number of aromatic hydroxyl groups is 1. The fourth-order valence-corrected chi connectivity index (χ4v) is 2.94. The first kappa shape index (κ1) is 12.7. The van der Waals surface area contributed by atoms with Crippen molar-refractivity contribution in [2.75, 3.05) is 0 Å². The maximum absolute atomic E-state index is 9.79. The van der Waals surface area contributed by atoms with Crippen LogP contribution in [0.5, 0.6) is 5.75 Å². The smallest absolute Gasteiger partial charge is 0.181 e. The van der Waals surface area contributed by atoms with Crippen molar-refractivity contribution >= 4 is 22.6 Å². The number of hydrogen-bond donors (Lipinski definition) is 1. The Morgan fingerprint density at radius 3 is 2.90 bits per heavy atom. The molecule has 5 heteroatoms. The van der Waals surface area contributed by atoms with Crippen LogP contribution in [0.15, 0.2) is 30.5 Å². The van der Waals surface area contributed by atoms with Gasteiger partial charge in [-0.3, -0.25) is 4.68 Å². The number of phenols is 1. The van der Waals surface area contributed by atoms with Gasteiger partial charge in [-0.1, -0.05) is 23.7 Å². The first-order valence-corrected chi connectivity index (χ1v) is 7.33. The number of halogens is 1. The third-order valence-electron chi connectivity index (χ3n) is 3.91. The molecule has 0 spiro atoms. The molecule has 0 atom stereocenters. The summed E-state index contributed by atoms with van der Waals surface area (Å²) in [7, 11) is 1.90. The molecule has 1 aliphatic carbocycles. The third kappa shape index (κ3) is 2.07. The molecule has 1 saturated carbocycles. The molecule has 106 valence electrons. The van der Waals surface area contributed by atoms with E-state index in [9.17, 15) is 5.11 Å². The van der Waals surface area contributed by atoms with Crippen LogP contribution in [0.25, 0.3) is 22.3 Å². The highest BCUT2D eigenvalue weighted by Crippen LogP contribution is 2.44. The van der Waals surface area contributed by atoms with Gasteiger partial charge in [0.1, 0.15) is 5.75 Å². The summed E-state index contributed by atoms with van der Waals surface area (Å²) in [5.74, 6) is 0.666. The van der Waals surface area contributed by atoms with Gasteiger partial charge in [-0.2, -0.15) is 5.10 Å². The molecule has 1 fully saturated rings. The van der Waals surface area contributed by atoms with E-state index in [1.54, 1.807) is 16.8 Å². The van der Waals surface area contributed by atoms with E-state index in [4.69, 9.17) is 11.6 Å². The molecule has 1 N–H and O–H groups in total. The van der Waals surface area contributed by atoms with Gasteiger partial charge in [0.05, 0.1) is 10.7 Å². The van der Waals surface area contributed by atoms with E-state index in [2.05, 4.69) is 16.1 Å². The summed E-state index contributed by atoms with van der Waals surface area (Å²) < 4.78 is 1.79. The van der Waals surface area contributed by atoms with Crippen LogP contribution in [0.3, 0.4) is 0 Å². The third-order valence-corrected chi connectivity index (χ3v) is 4.31. The molecule has 3 aromatic rings. The Balaban J connectivity index is 1.98. The van der Waals surface area contributed by atoms with Gasteiger partial charge >= 0.3 is 0 Å². The molecule has 21 heavy (non-hydrogen) atoms. The van der Waals surface area contributed by atoms with Gasteiger partial charge in [0, 0.05) is 24.2 Å². The Labute approximate surface area is 127 Å². The van der Waals surface area contributed by atoms with Crippen LogP contribution in [0.2, 0.25) is 5.02 Å². The number of aromatic nitrogens is 3. The molecule has 4 nitrogen and oxygen atoms in total. The van der Waals surface area contributed by atoms with E-state index in [-0.39, 0.29) is 5.75 Å². The van der Waals surface area contributed by atoms with Crippen molar-refractivity contribution < 1.29 is 5.11 Å². The lowest BCUT2D eigenvalue weighted by atomic mass is 10.0. The molecule has 0 bridgehead atoms. The molecule has 0 saturated heterocycles. The number of aryl methyl sites for hydroxylation is 1. The minimum atomic E-state index is 0.0741. The molecule has 0 radical (unpaired) electrons. The van der Waals surface area contributed by atoms with E-state index >= 15 is 0 Å². The number of fused-ring (bicyclic) bond motifs is 1. The maximum Gasteiger partial charge on any atom is 0.181 e. The van der Waals surface area contributed by atoms with E-state index in [1.807, 2.05) is 19.3 Å². The molecular weight excluding hydrogens is 286 g/mol. The van der Waals surface area contributed by atoms with Crippen molar-refractivity contribution in [1.29, 1.82) is 0 Å². The fourth-order valence-electron chi connectivity index (χ4n) is 2.72. The average molecular weight is 300 g/mol. The zero-order chi connectivity index (χ0) is 14.6. The Morgan fingerprint density at radius 2 is 2.14 bits per heavy atom. The number of pyridine rings is 1. The van der Waals surface area contributed by atoms with Gasteiger partial charge in [0.2, 0.25) is 0 Å². The molecule has 2 aromatic heterocycles. The highest BCUT2D eigenvalue weighted by molar-refractivity contribution is 6.34. The maximum atomic E-state index is 9.79. The molecule has 1 aromatic carbocycles. The van der Waals surface area contributed by atoms with E-state index in [0.717, 1.165) is 22.3 Å². The predicted octanol–water partition coefficient (Wildman–Crippen LogP) is 3.87. The number of phenolic OH excluding ortho intramolecular Hbond substituents is 1. The topological polar surface area (TPSA) is 50.9 Å². The Morgan fingerprint density at radius 1 is 1.33 bits per heavy atom. The molecule has 1 aliphatic rings. The second-order valence-electron chi connectivity index (χ2n) is 5.55. The lowest BCUT2D eigenvalue weighted by molar-refractivity contribution is 0.476. The summed E-state index contributed by atoms with van der Waals surface area (Å²) in [6.45, 7) is 0. The van der Waals surface area contributed by atoms with Crippen LogP contribution in [-0.2, 0) is 7.05 Å². The summed E-state index contributed by atoms with van der Waals surface area (Å²) in [4.78, 5) is 4.61. The van der Waals surface area contributed by atoms with Crippen LogP contribution in [0.4, 0.5) is 0 Å². The summed E-state index contributed by atoms with van der Waals surface area (Å²) in [6.07, 6.45) is 4.44. The van der Waals surface area contributed by atoms with Crippen LogP contribution >= 0.6 is 11.6 Å². The van der Waals surface area contributed by atoms with Gasteiger partial charge in [-0.25, -0.2) is 4.98 Å². The Hall–Kier alpha value is -2.07. The second-order valence-corrected chi connectivity index (χ2v) is 5.93. The van der Waals surface area contributed by atoms with Gasteiger partial charge in [-0.15, -0.1) is 0 Å². The molecular formula is C16H14ClN3O. The number of rotatable bonds is 2. The van der Waals surface area contributed by atoms with Gasteiger partial charge in [-0.05, 0) is 36.5 Å². The predicted molar refractivity (Wildman–Crippen MR) is 82.6 cm³/mol.